The van der Waals surface area contributed by atoms with Crippen molar-refractivity contribution in [3.05, 3.63) is 82.3 Å². The van der Waals surface area contributed by atoms with Crippen LogP contribution >= 0.6 is 15.9 Å². The number of carbonyl (C=O) groups is 1. The Labute approximate surface area is 209 Å². The van der Waals surface area contributed by atoms with E-state index in [-0.39, 0.29) is 12.6 Å². The maximum Gasteiger partial charge on any atom is 0.407 e. The highest BCUT2D eigenvalue weighted by atomic mass is 79.9. The lowest BCUT2D eigenvalue weighted by molar-refractivity contribution is 0.121. The summed E-state index contributed by atoms with van der Waals surface area (Å²) in [6, 6.07) is 17.2. The number of halogens is 1. The van der Waals surface area contributed by atoms with Crippen LogP contribution in [0.25, 0.3) is 0 Å². The van der Waals surface area contributed by atoms with Crippen molar-refractivity contribution in [1.82, 2.24) is 9.62 Å². The van der Waals surface area contributed by atoms with E-state index in [2.05, 4.69) is 27.2 Å². The largest absolute Gasteiger partial charge is 0.598 e. The van der Waals surface area contributed by atoms with Crippen molar-refractivity contribution in [2.75, 3.05) is 6.54 Å². The van der Waals surface area contributed by atoms with Gasteiger partial charge in [0.25, 0.3) is 0 Å². The van der Waals surface area contributed by atoms with Gasteiger partial charge in [0.1, 0.15) is 4.75 Å². The van der Waals surface area contributed by atoms with Crippen LogP contribution in [0.15, 0.2) is 71.2 Å². The molecular weight excluding hydrogens is 500 g/mol. The Kier molecular flexibility index (Phi) is 9.61. The molecule has 0 aliphatic rings. The molecule has 180 valence electrons. The van der Waals surface area contributed by atoms with Crippen LogP contribution in [0.4, 0.5) is 4.79 Å². The van der Waals surface area contributed by atoms with E-state index in [9.17, 15) is 14.5 Å². The number of benzene rings is 2. The minimum absolute atomic E-state index is 0.267. The summed E-state index contributed by atoms with van der Waals surface area (Å²) in [7, 11) is 0. The van der Waals surface area contributed by atoms with E-state index < -0.39 is 27.7 Å². The van der Waals surface area contributed by atoms with Crippen LogP contribution in [-0.4, -0.2) is 31.9 Å². The second-order valence-electron chi connectivity index (χ2n) is 9.52. The third kappa shape index (κ3) is 7.60. The second-order valence-corrected chi connectivity index (χ2v) is 12.4. The lowest BCUT2D eigenvalue weighted by atomic mass is 9.82. The van der Waals surface area contributed by atoms with Crippen LogP contribution in [0.1, 0.15) is 64.6 Å². The van der Waals surface area contributed by atoms with Crippen molar-refractivity contribution in [3.63, 3.8) is 0 Å². The minimum atomic E-state index is -1.36. The molecule has 0 fully saturated rings. The van der Waals surface area contributed by atoms with E-state index in [0.717, 1.165) is 21.2 Å². The van der Waals surface area contributed by atoms with Crippen molar-refractivity contribution in [1.29, 1.82) is 0 Å². The molecule has 3 atom stereocenters. The molecule has 0 aliphatic heterocycles. The Bertz CT molecular complexity index is 931. The van der Waals surface area contributed by atoms with Gasteiger partial charge in [-0.15, -0.1) is 11.3 Å². The second kappa shape index (κ2) is 11.6. The molecule has 0 saturated carbocycles. The molecule has 1 amide bonds. The van der Waals surface area contributed by atoms with Gasteiger partial charge in [0.05, 0.1) is 11.6 Å². The summed E-state index contributed by atoms with van der Waals surface area (Å²) < 4.78 is 17.1. The van der Waals surface area contributed by atoms with E-state index in [4.69, 9.17) is 0 Å². The van der Waals surface area contributed by atoms with Crippen molar-refractivity contribution in [3.8, 4) is 0 Å². The van der Waals surface area contributed by atoms with Gasteiger partial charge >= 0.3 is 6.09 Å². The molecule has 2 rings (SSSR count). The highest BCUT2D eigenvalue weighted by molar-refractivity contribution is 9.10. The van der Waals surface area contributed by atoms with Gasteiger partial charge in [0.15, 0.2) is 0 Å². The van der Waals surface area contributed by atoms with E-state index in [1.165, 1.54) is 4.90 Å². The van der Waals surface area contributed by atoms with E-state index in [1.54, 1.807) is 0 Å². The van der Waals surface area contributed by atoms with Gasteiger partial charge in [-0.3, -0.25) is 0 Å². The SMILES string of the molecule is C=C(C)CC(CCN(C(=O)O)[C@@H](C)c1ccc(Br)cc1)(N[S@+]([O-])C(C)(C)C)c1ccccc1. The van der Waals surface area contributed by atoms with Gasteiger partial charge < -0.3 is 14.6 Å². The number of nitrogens with zero attached hydrogens (tertiary/aromatic N) is 1. The molecule has 33 heavy (non-hydrogen) atoms. The molecule has 0 bridgehead atoms. The predicted octanol–water partition coefficient (Wildman–Crippen LogP) is 6.79. The van der Waals surface area contributed by atoms with Crippen molar-refractivity contribution >= 4 is 33.4 Å². The maximum atomic E-state index is 13.2. The first-order chi connectivity index (χ1) is 15.4. The highest BCUT2D eigenvalue weighted by Gasteiger charge is 2.41. The molecule has 0 aromatic heterocycles. The van der Waals surface area contributed by atoms with Gasteiger partial charge in [-0.1, -0.05) is 64.0 Å². The van der Waals surface area contributed by atoms with Gasteiger partial charge in [-0.25, -0.2) is 4.79 Å². The van der Waals surface area contributed by atoms with Gasteiger partial charge in [-0.05, 0) is 70.7 Å². The van der Waals surface area contributed by atoms with Crippen LogP contribution in [0, 0.1) is 0 Å². The van der Waals surface area contributed by atoms with Crippen LogP contribution in [0.3, 0.4) is 0 Å². The molecule has 0 aliphatic carbocycles. The van der Waals surface area contributed by atoms with Crippen molar-refractivity contribution in [2.45, 2.75) is 63.8 Å². The Morgan fingerprint density at radius 2 is 1.76 bits per heavy atom. The van der Waals surface area contributed by atoms with E-state index in [1.807, 2.05) is 89.2 Å². The molecule has 1 unspecified atom stereocenters. The number of nitrogens with one attached hydrogen (secondary N) is 1. The molecular formula is C26H35BrN2O3S. The zero-order valence-corrected chi connectivity index (χ0v) is 22.5. The first-order valence-corrected chi connectivity index (χ1v) is 12.9. The topological polar surface area (TPSA) is 75.6 Å². The van der Waals surface area contributed by atoms with Gasteiger partial charge in [-0.2, -0.15) is 0 Å². The first-order valence-electron chi connectivity index (χ1n) is 11.0. The summed E-state index contributed by atoms with van der Waals surface area (Å²) in [5.41, 5.74) is 2.09. The maximum absolute atomic E-state index is 13.2. The Balaban J connectivity index is 2.43. The third-order valence-electron chi connectivity index (χ3n) is 5.62. The Morgan fingerprint density at radius 1 is 1.18 bits per heavy atom. The lowest BCUT2D eigenvalue weighted by Gasteiger charge is -2.40. The number of carboxylic acid groups (broad SMARTS) is 1. The number of hydrogen-bond acceptors (Lipinski definition) is 3. The van der Waals surface area contributed by atoms with Gasteiger partial charge in [0, 0.05) is 22.4 Å². The smallest absolute Gasteiger partial charge is 0.407 e. The van der Waals surface area contributed by atoms with Gasteiger partial charge in [0.2, 0.25) is 0 Å². The van der Waals surface area contributed by atoms with Crippen LogP contribution in [0.5, 0.6) is 0 Å². The highest BCUT2D eigenvalue weighted by Crippen LogP contribution is 2.36. The van der Waals surface area contributed by atoms with Crippen LogP contribution < -0.4 is 4.72 Å². The number of amides is 1. The molecule has 0 heterocycles. The normalized spacial score (nSPS) is 15.4. The third-order valence-corrected chi connectivity index (χ3v) is 7.84. The fraction of sp³-hybridized carbons (Fsp3) is 0.423. The average molecular weight is 536 g/mol. The summed E-state index contributed by atoms with van der Waals surface area (Å²) in [5.74, 6) is 0. The molecule has 2 aromatic rings. The molecule has 5 nitrogen and oxygen atoms in total. The summed E-state index contributed by atoms with van der Waals surface area (Å²) in [6.45, 7) is 14.0. The fourth-order valence-electron chi connectivity index (χ4n) is 3.77. The zero-order valence-electron chi connectivity index (χ0n) is 20.1. The van der Waals surface area contributed by atoms with Crippen LogP contribution in [0.2, 0.25) is 0 Å². The monoisotopic (exact) mass is 534 g/mol. The van der Waals surface area contributed by atoms with E-state index in [0.29, 0.717) is 12.8 Å². The predicted molar refractivity (Wildman–Crippen MR) is 140 cm³/mol. The standard InChI is InChI=1S/C26H35BrN2O3S/c1-19(2)18-26(22-10-8-7-9-11-22,28-33(32)25(4,5)6)16-17-29(24(30)31)20(3)21-12-14-23(27)15-13-21/h7-15,20,28H,1,16-18H2,2-6H3,(H,30,31)/t20-,26?,33+/m0/s1. The summed E-state index contributed by atoms with van der Waals surface area (Å²) in [5, 5.41) is 10.0. The van der Waals surface area contributed by atoms with E-state index >= 15 is 0 Å². The summed E-state index contributed by atoms with van der Waals surface area (Å²) >= 11 is 2.07. The number of rotatable bonds is 10. The zero-order chi connectivity index (χ0) is 24.8. The molecule has 2 N–H and O–H groups in total. The minimum Gasteiger partial charge on any atom is -0.598 e. The first kappa shape index (κ1) is 27.4. The quantitative estimate of drug-likeness (QED) is 0.259. The number of hydrogen-bond donors (Lipinski definition) is 2. The Morgan fingerprint density at radius 3 is 2.24 bits per heavy atom. The molecule has 7 heteroatoms. The molecule has 0 saturated heterocycles. The fourth-order valence-corrected chi connectivity index (χ4v) is 4.99. The summed E-state index contributed by atoms with van der Waals surface area (Å²) in [6.07, 6.45) is -0.00249. The molecule has 0 radical (unpaired) electrons. The lowest BCUT2D eigenvalue weighted by Crippen LogP contribution is -2.53. The van der Waals surface area contributed by atoms with Crippen molar-refractivity contribution in [2.24, 2.45) is 0 Å². The van der Waals surface area contributed by atoms with Crippen LogP contribution in [-0.2, 0) is 16.9 Å². The summed E-state index contributed by atoms with van der Waals surface area (Å²) in [4.78, 5) is 13.7. The van der Waals surface area contributed by atoms with Crippen molar-refractivity contribution < 1.29 is 14.5 Å². The Hall–Kier alpha value is -1.80. The average Bonchev–Trinajstić information content (AvgIpc) is 2.73. The molecule has 0 spiro atoms. The molecule has 2 aromatic carbocycles.